The molecule has 0 bridgehead atoms. The van der Waals surface area contributed by atoms with Gasteiger partial charge in [-0.25, -0.2) is 13.8 Å². The molecule has 1 aliphatic carbocycles. The molecule has 1 amide bonds. The molecule has 0 radical (unpaired) electrons. The molecule has 8 nitrogen and oxygen atoms in total. The van der Waals surface area contributed by atoms with Gasteiger partial charge in [0, 0.05) is 11.6 Å². The summed E-state index contributed by atoms with van der Waals surface area (Å²) in [5.74, 6) is -0.309. The Labute approximate surface area is 195 Å². The Balaban J connectivity index is 1.75. The Morgan fingerprint density at radius 2 is 1.88 bits per heavy atom. The van der Waals surface area contributed by atoms with E-state index in [1.807, 2.05) is 13.8 Å². The minimum atomic E-state index is -3.84. The largest absolute Gasteiger partial charge is 0.504 e. The van der Waals surface area contributed by atoms with Gasteiger partial charge in [0.05, 0.1) is 24.3 Å². The fraction of sp³-hybridized carbons (Fsp3) is 0.417. The number of hydrazone groups is 1. The Morgan fingerprint density at radius 3 is 2.55 bits per heavy atom. The fourth-order valence-electron chi connectivity index (χ4n) is 3.89. The normalized spacial score (nSPS) is 15.1. The second kappa shape index (κ2) is 11.3. The number of aromatic hydroxyl groups is 1. The highest BCUT2D eigenvalue weighted by molar-refractivity contribution is 7.89. The quantitative estimate of drug-likeness (QED) is 0.428. The van der Waals surface area contributed by atoms with Gasteiger partial charge in [0.25, 0.3) is 5.91 Å². The molecular weight excluding hydrogens is 442 g/mol. The maximum Gasteiger partial charge on any atom is 0.255 e. The smallest absolute Gasteiger partial charge is 0.255 e. The summed E-state index contributed by atoms with van der Waals surface area (Å²) < 4.78 is 33.4. The van der Waals surface area contributed by atoms with Gasteiger partial charge in [0.1, 0.15) is 0 Å². The second-order valence-electron chi connectivity index (χ2n) is 8.08. The zero-order chi connectivity index (χ0) is 23.8. The number of hydrogen-bond donors (Lipinski definition) is 2. The lowest BCUT2D eigenvalue weighted by Gasteiger charge is -2.32. The fourth-order valence-corrected chi connectivity index (χ4v) is 5.53. The van der Waals surface area contributed by atoms with Gasteiger partial charge in [-0.15, -0.1) is 0 Å². The van der Waals surface area contributed by atoms with Crippen molar-refractivity contribution in [3.8, 4) is 11.5 Å². The number of phenolic OH excluding ortho intramolecular Hbond substituents is 1. The molecule has 2 aromatic carbocycles. The minimum absolute atomic E-state index is 0.0804. The molecule has 1 fully saturated rings. The highest BCUT2D eigenvalue weighted by Crippen LogP contribution is 2.29. The van der Waals surface area contributed by atoms with Gasteiger partial charge in [0.15, 0.2) is 11.5 Å². The third-order valence-electron chi connectivity index (χ3n) is 5.63. The zero-order valence-electron chi connectivity index (χ0n) is 19.0. The van der Waals surface area contributed by atoms with E-state index in [4.69, 9.17) is 4.74 Å². The van der Waals surface area contributed by atoms with Crippen LogP contribution in [0, 0.1) is 6.92 Å². The van der Waals surface area contributed by atoms with E-state index < -0.39 is 15.9 Å². The Kier molecular flexibility index (Phi) is 8.46. The molecule has 0 aromatic heterocycles. The molecule has 33 heavy (non-hydrogen) atoms. The molecule has 0 heterocycles. The van der Waals surface area contributed by atoms with Crippen molar-refractivity contribution in [2.45, 2.75) is 56.9 Å². The van der Waals surface area contributed by atoms with Crippen molar-refractivity contribution in [3.63, 3.8) is 0 Å². The summed E-state index contributed by atoms with van der Waals surface area (Å²) in [5.41, 5.74) is 3.72. The number of rotatable bonds is 9. The summed E-state index contributed by atoms with van der Waals surface area (Å²) in [6.07, 6.45) is 5.67. The predicted octanol–water partition coefficient (Wildman–Crippen LogP) is 3.57. The Morgan fingerprint density at radius 1 is 1.18 bits per heavy atom. The molecule has 9 heteroatoms. The third kappa shape index (κ3) is 6.33. The number of para-hydroxylation sites is 1. The topological polar surface area (TPSA) is 108 Å². The molecule has 178 valence electrons. The first-order valence-corrected chi connectivity index (χ1v) is 12.6. The lowest BCUT2D eigenvalue weighted by atomic mass is 9.95. The monoisotopic (exact) mass is 473 g/mol. The van der Waals surface area contributed by atoms with E-state index in [0.29, 0.717) is 17.9 Å². The average molecular weight is 474 g/mol. The number of nitrogens with zero attached hydrogens (tertiary/aromatic N) is 2. The maximum atomic E-state index is 13.4. The minimum Gasteiger partial charge on any atom is -0.504 e. The van der Waals surface area contributed by atoms with E-state index in [2.05, 4.69) is 10.5 Å². The maximum absolute atomic E-state index is 13.4. The van der Waals surface area contributed by atoms with E-state index in [0.717, 1.165) is 37.7 Å². The Bertz CT molecular complexity index is 1080. The molecule has 0 atom stereocenters. The van der Waals surface area contributed by atoms with E-state index in [9.17, 15) is 18.3 Å². The third-order valence-corrected chi connectivity index (χ3v) is 7.54. The van der Waals surface area contributed by atoms with Crippen LogP contribution in [-0.4, -0.2) is 49.1 Å². The van der Waals surface area contributed by atoms with Crippen molar-refractivity contribution >= 4 is 22.1 Å². The number of aryl methyl sites for hydroxylation is 1. The van der Waals surface area contributed by atoms with Gasteiger partial charge in [-0.05, 0) is 51.0 Å². The highest BCUT2D eigenvalue weighted by atomic mass is 32.2. The van der Waals surface area contributed by atoms with Gasteiger partial charge in [-0.3, -0.25) is 4.79 Å². The van der Waals surface area contributed by atoms with Crippen LogP contribution in [0.4, 0.5) is 0 Å². The summed E-state index contributed by atoms with van der Waals surface area (Å²) in [6, 6.07) is 11.4. The first kappa shape index (κ1) is 24.7. The Hall–Kier alpha value is -2.91. The second-order valence-corrected chi connectivity index (χ2v) is 9.97. The number of carbonyl (C=O) groups is 1. The van der Waals surface area contributed by atoms with Gasteiger partial charge in [-0.2, -0.15) is 9.41 Å². The molecule has 2 N–H and O–H groups in total. The van der Waals surface area contributed by atoms with Crippen molar-refractivity contribution in [1.82, 2.24) is 9.73 Å². The van der Waals surface area contributed by atoms with Crippen LogP contribution in [0.25, 0.3) is 0 Å². The zero-order valence-corrected chi connectivity index (χ0v) is 19.8. The average Bonchev–Trinajstić information content (AvgIpc) is 2.81. The van der Waals surface area contributed by atoms with E-state index >= 15 is 0 Å². The van der Waals surface area contributed by atoms with Gasteiger partial charge >= 0.3 is 0 Å². The highest BCUT2D eigenvalue weighted by Gasteiger charge is 2.33. The first-order valence-electron chi connectivity index (χ1n) is 11.2. The van der Waals surface area contributed by atoms with Gasteiger partial charge < -0.3 is 9.84 Å². The lowest BCUT2D eigenvalue weighted by molar-refractivity contribution is -0.121. The summed E-state index contributed by atoms with van der Waals surface area (Å²) in [4.78, 5) is 12.8. The van der Waals surface area contributed by atoms with Gasteiger partial charge in [-0.1, -0.05) is 43.0 Å². The van der Waals surface area contributed by atoms with Crippen LogP contribution >= 0.6 is 0 Å². The van der Waals surface area contributed by atoms with Crippen LogP contribution < -0.4 is 10.2 Å². The standard InChI is InChI=1S/C24H31N3O5S/c1-3-32-22-11-7-8-19(24(22)29)16-25-26-23(28)17-27(20-9-5-4-6-10-20)33(30,31)21-14-12-18(2)13-15-21/h7-8,11-16,20,29H,3-6,9-10,17H2,1-2H3,(H,26,28)/b25-16-. The number of nitrogens with one attached hydrogen (secondary N) is 1. The molecule has 2 aromatic rings. The van der Waals surface area contributed by atoms with E-state index in [-0.39, 0.29) is 23.2 Å². The van der Waals surface area contributed by atoms with E-state index in [1.54, 1.807) is 42.5 Å². The van der Waals surface area contributed by atoms with Crippen LogP contribution in [0.15, 0.2) is 52.5 Å². The molecule has 0 unspecified atom stereocenters. The van der Waals surface area contributed by atoms with Crippen molar-refractivity contribution in [3.05, 3.63) is 53.6 Å². The molecule has 0 saturated heterocycles. The molecule has 0 aliphatic heterocycles. The molecule has 3 rings (SSSR count). The van der Waals surface area contributed by atoms with Crippen LogP contribution in [0.2, 0.25) is 0 Å². The molecule has 0 spiro atoms. The molecular formula is C24H31N3O5S. The van der Waals surface area contributed by atoms with Crippen molar-refractivity contribution < 1.29 is 23.1 Å². The lowest BCUT2D eigenvalue weighted by Crippen LogP contribution is -2.46. The number of hydrogen-bond acceptors (Lipinski definition) is 6. The summed E-state index contributed by atoms with van der Waals surface area (Å²) >= 11 is 0. The predicted molar refractivity (Wildman–Crippen MR) is 127 cm³/mol. The number of sulfonamides is 1. The van der Waals surface area contributed by atoms with Crippen molar-refractivity contribution in [2.24, 2.45) is 5.10 Å². The molecule has 1 aliphatic rings. The summed E-state index contributed by atoms with van der Waals surface area (Å²) in [5, 5.41) is 14.1. The van der Waals surface area contributed by atoms with Crippen LogP contribution in [0.1, 0.15) is 50.2 Å². The van der Waals surface area contributed by atoms with Crippen molar-refractivity contribution in [2.75, 3.05) is 13.2 Å². The first-order chi connectivity index (χ1) is 15.8. The van der Waals surface area contributed by atoms with Crippen LogP contribution in [0.5, 0.6) is 11.5 Å². The van der Waals surface area contributed by atoms with Crippen molar-refractivity contribution in [1.29, 1.82) is 0 Å². The van der Waals surface area contributed by atoms with E-state index in [1.165, 1.54) is 10.5 Å². The number of carbonyl (C=O) groups excluding carboxylic acids is 1. The number of amides is 1. The number of phenols is 1. The van der Waals surface area contributed by atoms with Crippen LogP contribution in [0.3, 0.4) is 0 Å². The summed E-state index contributed by atoms with van der Waals surface area (Å²) in [6.45, 7) is 3.77. The van der Waals surface area contributed by atoms with Gasteiger partial charge in [0.2, 0.25) is 10.0 Å². The number of benzene rings is 2. The SMILES string of the molecule is CCOc1cccc(/C=N\NC(=O)CN(C2CCCCC2)S(=O)(=O)c2ccc(C)cc2)c1O. The molecule has 1 saturated carbocycles. The summed E-state index contributed by atoms with van der Waals surface area (Å²) in [7, 11) is -3.84. The van der Waals surface area contributed by atoms with Crippen LogP contribution in [-0.2, 0) is 14.8 Å². The number of ether oxygens (including phenoxy) is 1.